The van der Waals surface area contributed by atoms with Gasteiger partial charge in [-0.05, 0) is 44.4 Å². The highest BCUT2D eigenvalue weighted by molar-refractivity contribution is 5.81. The first-order valence-corrected chi connectivity index (χ1v) is 7.49. The number of hydrogen-bond donors (Lipinski definition) is 2. The van der Waals surface area contributed by atoms with Crippen LogP contribution < -0.4 is 10.6 Å². The zero-order valence-corrected chi connectivity index (χ0v) is 12.6. The average molecular weight is 254 g/mol. The van der Waals surface area contributed by atoms with Crippen molar-refractivity contribution >= 4 is 5.91 Å². The van der Waals surface area contributed by atoms with Crippen molar-refractivity contribution < 1.29 is 4.79 Å². The molecule has 0 aromatic carbocycles. The first-order valence-electron chi connectivity index (χ1n) is 7.49. The Bertz CT molecular complexity index is 265. The maximum Gasteiger partial charge on any atom is 0.236 e. The average Bonchev–Trinajstić information content (AvgIpc) is 2.28. The summed E-state index contributed by atoms with van der Waals surface area (Å²) in [6, 6.07) is 0.410. The van der Waals surface area contributed by atoms with E-state index in [1.54, 1.807) is 0 Å². The molecular weight excluding hydrogens is 224 g/mol. The van der Waals surface area contributed by atoms with Gasteiger partial charge in [0.2, 0.25) is 5.91 Å². The Morgan fingerprint density at radius 2 is 1.94 bits per heavy atom. The Labute approximate surface area is 112 Å². The summed E-state index contributed by atoms with van der Waals surface area (Å²) in [6.07, 6.45) is 3.82. The second-order valence-electron chi connectivity index (χ2n) is 6.22. The molecule has 0 bridgehead atoms. The predicted molar refractivity (Wildman–Crippen MR) is 76.4 cm³/mol. The minimum Gasteiger partial charge on any atom is -0.355 e. The van der Waals surface area contributed by atoms with E-state index in [0.717, 1.165) is 5.92 Å². The minimum atomic E-state index is -0.0819. The third-order valence-electron chi connectivity index (χ3n) is 4.23. The van der Waals surface area contributed by atoms with Crippen molar-refractivity contribution in [1.82, 2.24) is 10.6 Å². The van der Waals surface area contributed by atoms with Gasteiger partial charge in [0.05, 0.1) is 6.04 Å². The molecule has 106 valence electrons. The van der Waals surface area contributed by atoms with Crippen LogP contribution in [0, 0.1) is 17.8 Å². The molecule has 18 heavy (non-hydrogen) atoms. The van der Waals surface area contributed by atoms with Crippen LogP contribution >= 0.6 is 0 Å². The lowest BCUT2D eigenvalue weighted by molar-refractivity contribution is -0.123. The van der Waals surface area contributed by atoms with E-state index in [1.165, 1.54) is 19.3 Å². The van der Waals surface area contributed by atoms with E-state index >= 15 is 0 Å². The van der Waals surface area contributed by atoms with Gasteiger partial charge in [-0.2, -0.15) is 0 Å². The lowest BCUT2D eigenvalue weighted by Crippen LogP contribution is -2.51. The molecule has 1 fully saturated rings. The molecule has 1 aliphatic carbocycles. The number of amides is 1. The van der Waals surface area contributed by atoms with Crippen LogP contribution in [0.1, 0.15) is 53.9 Å². The number of rotatable bonds is 5. The van der Waals surface area contributed by atoms with Crippen LogP contribution in [0.25, 0.3) is 0 Å². The van der Waals surface area contributed by atoms with Gasteiger partial charge >= 0.3 is 0 Å². The maximum absolute atomic E-state index is 11.8. The monoisotopic (exact) mass is 254 g/mol. The third kappa shape index (κ3) is 4.27. The first kappa shape index (κ1) is 15.5. The Morgan fingerprint density at radius 3 is 2.50 bits per heavy atom. The molecule has 0 aromatic heterocycles. The summed E-state index contributed by atoms with van der Waals surface area (Å²) < 4.78 is 0. The smallest absolute Gasteiger partial charge is 0.236 e. The van der Waals surface area contributed by atoms with Crippen molar-refractivity contribution in [1.29, 1.82) is 0 Å². The van der Waals surface area contributed by atoms with Gasteiger partial charge in [-0.25, -0.2) is 0 Å². The van der Waals surface area contributed by atoms with Crippen LogP contribution in [0.2, 0.25) is 0 Å². The summed E-state index contributed by atoms with van der Waals surface area (Å²) in [5.41, 5.74) is 0. The molecule has 3 nitrogen and oxygen atoms in total. The molecule has 1 amide bonds. The van der Waals surface area contributed by atoms with Crippen LogP contribution in [0.5, 0.6) is 0 Å². The number of hydrogen-bond acceptors (Lipinski definition) is 2. The molecule has 0 heterocycles. The van der Waals surface area contributed by atoms with E-state index in [2.05, 4.69) is 31.4 Å². The molecular formula is C15H30N2O. The summed E-state index contributed by atoms with van der Waals surface area (Å²) in [5, 5.41) is 6.44. The predicted octanol–water partition coefficient (Wildman–Crippen LogP) is 2.56. The Morgan fingerprint density at radius 1 is 1.28 bits per heavy atom. The summed E-state index contributed by atoms with van der Waals surface area (Å²) in [4.78, 5) is 11.8. The second-order valence-corrected chi connectivity index (χ2v) is 6.22. The van der Waals surface area contributed by atoms with Gasteiger partial charge in [0, 0.05) is 12.6 Å². The van der Waals surface area contributed by atoms with E-state index in [4.69, 9.17) is 0 Å². The summed E-state index contributed by atoms with van der Waals surface area (Å²) in [5.74, 6) is 2.30. The van der Waals surface area contributed by atoms with Crippen LogP contribution in [-0.4, -0.2) is 24.5 Å². The molecule has 0 radical (unpaired) electrons. The molecule has 1 aliphatic rings. The third-order valence-corrected chi connectivity index (χ3v) is 4.23. The Hall–Kier alpha value is -0.570. The molecule has 1 saturated carbocycles. The largest absolute Gasteiger partial charge is 0.355 e. The normalized spacial score (nSPS) is 30.2. The van der Waals surface area contributed by atoms with Gasteiger partial charge in [-0.1, -0.05) is 27.2 Å². The fraction of sp³-hybridized carbons (Fsp3) is 0.933. The quantitative estimate of drug-likeness (QED) is 0.791. The lowest BCUT2D eigenvalue weighted by atomic mass is 9.74. The number of nitrogens with one attached hydrogen (secondary N) is 2. The standard InChI is InChI=1S/C15H30N2O/c1-6-16-15(18)12(5)17-14-9-11(4)7-8-13(14)10(2)3/h10-14,17H,6-9H2,1-5H3,(H,16,18). The fourth-order valence-corrected chi connectivity index (χ4v) is 3.12. The topological polar surface area (TPSA) is 41.1 Å². The van der Waals surface area contributed by atoms with Crippen LogP contribution in [0.15, 0.2) is 0 Å². The zero-order valence-electron chi connectivity index (χ0n) is 12.6. The number of likely N-dealkylation sites (N-methyl/N-ethyl adjacent to an activating group) is 1. The van der Waals surface area contributed by atoms with E-state index < -0.39 is 0 Å². The number of carbonyl (C=O) groups is 1. The highest BCUT2D eigenvalue weighted by Crippen LogP contribution is 2.33. The van der Waals surface area contributed by atoms with Crippen LogP contribution in [0.4, 0.5) is 0 Å². The molecule has 0 spiro atoms. The maximum atomic E-state index is 11.8. The van der Waals surface area contributed by atoms with Gasteiger partial charge in [-0.3, -0.25) is 4.79 Å². The van der Waals surface area contributed by atoms with Crippen molar-refractivity contribution in [3.63, 3.8) is 0 Å². The van der Waals surface area contributed by atoms with E-state index in [0.29, 0.717) is 24.4 Å². The molecule has 0 aliphatic heterocycles. The van der Waals surface area contributed by atoms with E-state index in [1.807, 2.05) is 13.8 Å². The van der Waals surface area contributed by atoms with E-state index in [-0.39, 0.29) is 11.9 Å². The minimum absolute atomic E-state index is 0.0819. The number of carbonyl (C=O) groups excluding carboxylic acids is 1. The second kappa shape index (κ2) is 7.13. The Kier molecular flexibility index (Phi) is 6.13. The van der Waals surface area contributed by atoms with Gasteiger partial charge in [0.1, 0.15) is 0 Å². The summed E-state index contributed by atoms with van der Waals surface area (Å²) in [7, 11) is 0. The molecule has 2 N–H and O–H groups in total. The molecule has 1 rings (SSSR count). The van der Waals surface area contributed by atoms with Gasteiger partial charge in [-0.15, -0.1) is 0 Å². The Balaban J connectivity index is 2.57. The SMILES string of the molecule is CCNC(=O)C(C)NC1CC(C)CCC1C(C)C. The summed E-state index contributed by atoms with van der Waals surface area (Å²) >= 11 is 0. The van der Waals surface area contributed by atoms with Crippen LogP contribution in [0.3, 0.4) is 0 Å². The molecule has 0 saturated heterocycles. The van der Waals surface area contributed by atoms with Crippen molar-refractivity contribution in [3.8, 4) is 0 Å². The first-order chi connectivity index (χ1) is 8.45. The van der Waals surface area contributed by atoms with Gasteiger partial charge < -0.3 is 10.6 Å². The highest BCUT2D eigenvalue weighted by Gasteiger charge is 2.32. The molecule has 0 aromatic rings. The van der Waals surface area contributed by atoms with Crippen molar-refractivity contribution in [2.45, 2.75) is 66.0 Å². The van der Waals surface area contributed by atoms with Crippen molar-refractivity contribution in [2.75, 3.05) is 6.54 Å². The van der Waals surface area contributed by atoms with Gasteiger partial charge in [0.25, 0.3) is 0 Å². The van der Waals surface area contributed by atoms with Crippen LogP contribution in [-0.2, 0) is 4.79 Å². The van der Waals surface area contributed by atoms with Crippen molar-refractivity contribution in [2.24, 2.45) is 17.8 Å². The molecule has 4 unspecified atom stereocenters. The lowest BCUT2D eigenvalue weighted by Gasteiger charge is -2.39. The van der Waals surface area contributed by atoms with Crippen molar-refractivity contribution in [3.05, 3.63) is 0 Å². The summed E-state index contributed by atoms with van der Waals surface area (Å²) in [6.45, 7) is 11.6. The van der Waals surface area contributed by atoms with E-state index in [9.17, 15) is 4.79 Å². The highest BCUT2D eigenvalue weighted by atomic mass is 16.2. The zero-order chi connectivity index (χ0) is 13.7. The fourth-order valence-electron chi connectivity index (χ4n) is 3.12. The molecule has 3 heteroatoms. The van der Waals surface area contributed by atoms with Gasteiger partial charge in [0.15, 0.2) is 0 Å². The molecule has 4 atom stereocenters.